The van der Waals surface area contributed by atoms with Crippen LogP contribution in [0.4, 0.5) is 4.79 Å². The molecule has 2 atom stereocenters. The number of hydrogen-bond donors (Lipinski definition) is 3. The number of hydrogen-bond acceptors (Lipinski definition) is 5. The Morgan fingerprint density at radius 2 is 2.19 bits per heavy atom. The van der Waals surface area contributed by atoms with E-state index in [-0.39, 0.29) is 18.5 Å². The number of piperidine rings is 1. The third-order valence-electron chi connectivity index (χ3n) is 3.99. The van der Waals surface area contributed by atoms with Crippen molar-refractivity contribution in [3.05, 3.63) is 0 Å². The molecule has 0 aromatic heterocycles. The second kappa shape index (κ2) is 9.70. The zero-order valence-corrected chi connectivity index (χ0v) is 13.1. The van der Waals surface area contributed by atoms with E-state index in [4.69, 9.17) is 10.5 Å². The zero-order chi connectivity index (χ0) is 15.7. The van der Waals surface area contributed by atoms with Gasteiger partial charge in [0.2, 0.25) is 5.91 Å². The highest BCUT2D eigenvalue weighted by Gasteiger charge is 2.28. The van der Waals surface area contributed by atoms with Crippen molar-refractivity contribution in [3.8, 4) is 0 Å². The van der Waals surface area contributed by atoms with Crippen molar-refractivity contribution in [2.45, 2.75) is 32.2 Å². The van der Waals surface area contributed by atoms with Gasteiger partial charge >= 0.3 is 6.03 Å². The minimum atomic E-state index is -0.482. The van der Waals surface area contributed by atoms with Gasteiger partial charge in [-0.05, 0) is 25.3 Å². The van der Waals surface area contributed by atoms with E-state index in [1.165, 1.54) is 0 Å². The molecule has 1 rings (SSSR count). The van der Waals surface area contributed by atoms with E-state index in [2.05, 4.69) is 22.5 Å². The Balaban J connectivity index is 2.34. The number of nitrogens with zero attached hydrogens (tertiary/aromatic N) is 1. The molecule has 0 saturated carbocycles. The summed E-state index contributed by atoms with van der Waals surface area (Å²) in [5.74, 6) is 0.397. The third-order valence-corrected chi connectivity index (χ3v) is 3.99. The van der Waals surface area contributed by atoms with Crippen LogP contribution in [0.5, 0.6) is 0 Å². The molecular formula is C14H28N4O3. The summed E-state index contributed by atoms with van der Waals surface area (Å²) in [5, 5.41) is 4.88. The summed E-state index contributed by atoms with van der Waals surface area (Å²) in [4.78, 5) is 25.4. The van der Waals surface area contributed by atoms with E-state index in [0.29, 0.717) is 25.6 Å². The fourth-order valence-electron chi connectivity index (χ4n) is 2.67. The van der Waals surface area contributed by atoms with Crippen LogP contribution in [0.1, 0.15) is 26.2 Å². The highest BCUT2D eigenvalue weighted by atomic mass is 16.5. The van der Waals surface area contributed by atoms with Crippen molar-refractivity contribution >= 4 is 11.9 Å². The Bertz CT molecular complexity index is 338. The number of rotatable bonds is 7. The predicted octanol–water partition coefficient (Wildman–Crippen LogP) is -0.0921. The van der Waals surface area contributed by atoms with Gasteiger partial charge in [0, 0.05) is 26.2 Å². The number of carbonyl (C=O) groups excluding carboxylic acids is 2. The van der Waals surface area contributed by atoms with Crippen LogP contribution < -0.4 is 16.4 Å². The molecule has 0 aromatic rings. The van der Waals surface area contributed by atoms with Gasteiger partial charge in [-0.2, -0.15) is 0 Å². The molecule has 3 amide bonds. The first-order valence-electron chi connectivity index (χ1n) is 7.61. The molecule has 1 heterocycles. The van der Waals surface area contributed by atoms with E-state index in [1.54, 1.807) is 7.11 Å². The summed E-state index contributed by atoms with van der Waals surface area (Å²) < 4.78 is 4.82. The van der Waals surface area contributed by atoms with E-state index >= 15 is 0 Å². The summed E-state index contributed by atoms with van der Waals surface area (Å²) in [5.41, 5.74) is 5.80. The Morgan fingerprint density at radius 3 is 2.81 bits per heavy atom. The van der Waals surface area contributed by atoms with Crippen LogP contribution in [0.25, 0.3) is 0 Å². The number of nitrogens with two attached hydrogens (primary N) is 1. The topological polar surface area (TPSA) is 96.7 Å². The molecule has 7 nitrogen and oxygen atoms in total. The lowest BCUT2D eigenvalue weighted by molar-refractivity contribution is -0.122. The molecule has 0 radical (unpaired) electrons. The van der Waals surface area contributed by atoms with Crippen LogP contribution >= 0.6 is 0 Å². The molecule has 0 bridgehead atoms. The van der Waals surface area contributed by atoms with Gasteiger partial charge in [0.15, 0.2) is 0 Å². The highest BCUT2D eigenvalue weighted by molar-refractivity contribution is 5.95. The number of likely N-dealkylation sites (tertiary alicyclic amines) is 1. The lowest BCUT2D eigenvalue weighted by Gasteiger charge is -2.38. The lowest BCUT2D eigenvalue weighted by atomic mass is 9.89. The van der Waals surface area contributed by atoms with Crippen molar-refractivity contribution in [3.63, 3.8) is 0 Å². The van der Waals surface area contributed by atoms with Gasteiger partial charge in [-0.3, -0.25) is 15.0 Å². The first-order chi connectivity index (χ1) is 10.1. The molecular weight excluding hydrogens is 272 g/mol. The lowest BCUT2D eigenvalue weighted by Crippen LogP contribution is -2.52. The monoisotopic (exact) mass is 300 g/mol. The summed E-state index contributed by atoms with van der Waals surface area (Å²) in [6, 6.07) is -0.254. The van der Waals surface area contributed by atoms with Crippen molar-refractivity contribution < 1.29 is 14.3 Å². The zero-order valence-electron chi connectivity index (χ0n) is 13.1. The summed E-state index contributed by atoms with van der Waals surface area (Å²) in [7, 11) is 1.55. The standard InChI is InChI=1S/C14H28N4O3/c1-3-11-4-6-18(12(8-11)9-15)10-13(19)17-14(20)16-5-7-21-2/h11-12H,3-10,15H2,1-2H3,(H2,16,17,19,20). The van der Waals surface area contributed by atoms with Gasteiger partial charge in [0.05, 0.1) is 13.2 Å². The second-order valence-electron chi connectivity index (χ2n) is 5.46. The summed E-state index contributed by atoms with van der Waals surface area (Å²) in [6.45, 7) is 4.61. The van der Waals surface area contributed by atoms with E-state index < -0.39 is 6.03 Å². The van der Waals surface area contributed by atoms with Gasteiger partial charge in [0.1, 0.15) is 0 Å². The first kappa shape index (κ1) is 17.9. The van der Waals surface area contributed by atoms with Gasteiger partial charge < -0.3 is 15.8 Å². The van der Waals surface area contributed by atoms with Crippen LogP contribution in [-0.2, 0) is 9.53 Å². The van der Waals surface area contributed by atoms with Crippen molar-refractivity contribution in [2.24, 2.45) is 11.7 Å². The number of methoxy groups -OCH3 is 1. The van der Waals surface area contributed by atoms with E-state index in [0.717, 1.165) is 25.8 Å². The Labute approximate surface area is 126 Å². The minimum Gasteiger partial charge on any atom is -0.383 e. The van der Waals surface area contributed by atoms with Crippen molar-refractivity contribution in [1.82, 2.24) is 15.5 Å². The second-order valence-corrected chi connectivity index (χ2v) is 5.46. The first-order valence-corrected chi connectivity index (χ1v) is 7.61. The largest absolute Gasteiger partial charge is 0.383 e. The maximum absolute atomic E-state index is 11.9. The van der Waals surface area contributed by atoms with Crippen LogP contribution in [-0.4, -0.2) is 62.8 Å². The van der Waals surface area contributed by atoms with Gasteiger partial charge in [-0.15, -0.1) is 0 Å². The summed E-state index contributed by atoms with van der Waals surface area (Å²) >= 11 is 0. The molecule has 122 valence electrons. The molecule has 0 spiro atoms. The molecule has 1 aliphatic rings. The fraction of sp³-hybridized carbons (Fsp3) is 0.857. The number of nitrogens with one attached hydrogen (secondary N) is 2. The number of carbonyl (C=O) groups is 2. The molecule has 1 saturated heterocycles. The highest BCUT2D eigenvalue weighted by Crippen LogP contribution is 2.24. The molecule has 1 fully saturated rings. The molecule has 21 heavy (non-hydrogen) atoms. The number of urea groups is 1. The molecule has 7 heteroatoms. The molecule has 0 aromatic carbocycles. The predicted molar refractivity (Wildman–Crippen MR) is 80.8 cm³/mol. The number of amides is 3. The minimum absolute atomic E-state index is 0.218. The normalized spacial score (nSPS) is 22.8. The average molecular weight is 300 g/mol. The molecule has 1 aliphatic heterocycles. The molecule has 0 aliphatic carbocycles. The smallest absolute Gasteiger partial charge is 0.321 e. The van der Waals surface area contributed by atoms with Crippen LogP contribution in [0, 0.1) is 5.92 Å². The molecule has 2 unspecified atom stereocenters. The van der Waals surface area contributed by atoms with Gasteiger partial charge in [0.25, 0.3) is 0 Å². The Morgan fingerprint density at radius 1 is 1.43 bits per heavy atom. The average Bonchev–Trinajstić information content (AvgIpc) is 2.47. The van der Waals surface area contributed by atoms with Crippen LogP contribution in [0.3, 0.4) is 0 Å². The fourth-order valence-corrected chi connectivity index (χ4v) is 2.67. The number of imide groups is 1. The van der Waals surface area contributed by atoms with Crippen LogP contribution in [0.2, 0.25) is 0 Å². The maximum Gasteiger partial charge on any atom is 0.321 e. The maximum atomic E-state index is 11.9. The van der Waals surface area contributed by atoms with Crippen molar-refractivity contribution in [1.29, 1.82) is 0 Å². The summed E-state index contributed by atoms with van der Waals surface area (Å²) in [6.07, 6.45) is 3.26. The quantitative estimate of drug-likeness (QED) is 0.571. The third kappa shape index (κ3) is 6.41. The van der Waals surface area contributed by atoms with Gasteiger partial charge in [-0.1, -0.05) is 13.3 Å². The Kier molecular flexibility index (Phi) is 8.26. The van der Waals surface area contributed by atoms with Crippen LogP contribution in [0.15, 0.2) is 0 Å². The van der Waals surface area contributed by atoms with E-state index in [1.807, 2.05) is 0 Å². The van der Waals surface area contributed by atoms with Gasteiger partial charge in [-0.25, -0.2) is 4.79 Å². The SMILES string of the molecule is CCC1CCN(CC(=O)NC(=O)NCCOC)C(CN)C1. The van der Waals surface area contributed by atoms with Crippen molar-refractivity contribution in [2.75, 3.05) is 39.9 Å². The van der Waals surface area contributed by atoms with E-state index in [9.17, 15) is 9.59 Å². The number of ether oxygens (including phenoxy) is 1. The molecule has 4 N–H and O–H groups in total. The Hall–Kier alpha value is -1.18.